The summed E-state index contributed by atoms with van der Waals surface area (Å²) in [6, 6.07) is 7.16. The molecule has 2 rings (SSSR count). The van der Waals surface area contributed by atoms with Crippen LogP contribution in [0.1, 0.15) is 10.4 Å². The topological polar surface area (TPSA) is 46.5 Å². The average molecular weight is 264 g/mol. The lowest BCUT2D eigenvalue weighted by atomic mass is 10.0. The Balaban J connectivity index is 2.61. The fourth-order valence-corrected chi connectivity index (χ4v) is 1.72. The molecule has 19 heavy (non-hydrogen) atoms. The second kappa shape index (κ2) is 5.06. The van der Waals surface area contributed by atoms with Crippen molar-refractivity contribution in [3.05, 3.63) is 53.6 Å². The lowest BCUT2D eigenvalue weighted by molar-refractivity contribution is 0.0696. The number of benzene rings is 2. The van der Waals surface area contributed by atoms with Crippen molar-refractivity contribution >= 4 is 5.97 Å². The van der Waals surface area contributed by atoms with Crippen LogP contribution in [0.2, 0.25) is 0 Å². The average Bonchev–Trinajstić information content (AvgIpc) is 2.38. The van der Waals surface area contributed by atoms with E-state index in [9.17, 15) is 13.6 Å². The van der Waals surface area contributed by atoms with Crippen molar-refractivity contribution in [2.24, 2.45) is 0 Å². The minimum absolute atomic E-state index is 0.0846. The first-order valence-corrected chi connectivity index (χ1v) is 5.39. The molecule has 0 heterocycles. The second-order valence-corrected chi connectivity index (χ2v) is 3.88. The predicted octanol–water partition coefficient (Wildman–Crippen LogP) is 3.34. The van der Waals surface area contributed by atoms with Crippen LogP contribution in [0.3, 0.4) is 0 Å². The molecule has 2 aromatic rings. The summed E-state index contributed by atoms with van der Waals surface area (Å²) in [5.74, 6) is -2.19. The molecule has 0 aliphatic carbocycles. The summed E-state index contributed by atoms with van der Waals surface area (Å²) >= 11 is 0. The zero-order valence-electron chi connectivity index (χ0n) is 9.98. The molecule has 0 aliphatic heterocycles. The predicted molar refractivity (Wildman–Crippen MR) is 65.3 cm³/mol. The van der Waals surface area contributed by atoms with Crippen LogP contribution in [0.4, 0.5) is 8.78 Å². The number of ether oxygens (including phenoxy) is 1. The number of methoxy groups -OCH3 is 1. The third-order valence-corrected chi connectivity index (χ3v) is 2.63. The Morgan fingerprint density at radius 1 is 1.16 bits per heavy atom. The highest BCUT2D eigenvalue weighted by atomic mass is 19.1. The lowest BCUT2D eigenvalue weighted by Gasteiger charge is -2.07. The van der Waals surface area contributed by atoms with E-state index in [0.717, 1.165) is 12.1 Å². The summed E-state index contributed by atoms with van der Waals surface area (Å²) in [7, 11) is 1.42. The number of carbonyl (C=O) groups is 1. The number of carboxylic acids is 1. The molecule has 0 fully saturated rings. The van der Waals surface area contributed by atoms with Gasteiger partial charge >= 0.3 is 5.97 Å². The van der Waals surface area contributed by atoms with Crippen LogP contribution >= 0.6 is 0 Å². The Bertz CT molecular complexity index is 639. The van der Waals surface area contributed by atoms with Gasteiger partial charge < -0.3 is 9.84 Å². The maximum atomic E-state index is 13.7. The van der Waals surface area contributed by atoms with Gasteiger partial charge in [0, 0.05) is 5.56 Å². The van der Waals surface area contributed by atoms with Crippen molar-refractivity contribution in [3.63, 3.8) is 0 Å². The standard InChI is InChI=1S/C14H10F2O3/c1-19-11-2-3-13(16)12(7-11)8-4-9(14(17)18)6-10(15)5-8/h2-7H,1H3,(H,17,18). The molecule has 0 amide bonds. The molecule has 0 saturated carbocycles. The summed E-state index contributed by atoms with van der Waals surface area (Å²) in [5.41, 5.74) is -0.00706. The third-order valence-electron chi connectivity index (χ3n) is 2.63. The number of aromatic carboxylic acids is 1. The van der Waals surface area contributed by atoms with E-state index in [1.54, 1.807) is 0 Å². The van der Waals surface area contributed by atoms with Crippen molar-refractivity contribution in [1.29, 1.82) is 0 Å². The molecule has 0 saturated heterocycles. The molecule has 0 bridgehead atoms. The first-order chi connectivity index (χ1) is 9.01. The van der Waals surface area contributed by atoms with Gasteiger partial charge in [0.1, 0.15) is 17.4 Å². The van der Waals surface area contributed by atoms with E-state index in [0.29, 0.717) is 5.75 Å². The summed E-state index contributed by atoms with van der Waals surface area (Å²) < 4.78 is 32.1. The van der Waals surface area contributed by atoms with Crippen LogP contribution in [0.25, 0.3) is 11.1 Å². The van der Waals surface area contributed by atoms with Crippen LogP contribution in [0.15, 0.2) is 36.4 Å². The monoisotopic (exact) mass is 264 g/mol. The van der Waals surface area contributed by atoms with Gasteiger partial charge in [-0.3, -0.25) is 0 Å². The number of carboxylic acid groups (broad SMARTS) is 1. The van der Waals surface area contributed by atoms with E-state index < -0.39 is 17.6 Å². The first kappa shape index (κ1) is 13.0. The zero-order valence-corrected chi connectivity index (χ0v) is 9.98. The van der Waals surface area contributed by atoms with Crippen molar-refractivity contribution in [3.8, 4) is 16.9 Å². The van der Waals surface area contributed by atoms with Gasteiger partial charge in [0.15, 0.2) is 0 Å². The molecule has 5 heteroatoms. The Labute approximate surface area is 108 Å². The summed E-state index contributed by atoms with van der Waals surface area (Å²) in [5, 5.41) is 8.87. The highest BCUT2D eigenvalue weighted by Crippen LogP contribution is 2.28. The van der Waals surface area contributed by atoms with E-state index in [1.165, 1.54) is 31.4 Å². The smallest absolute Gasteiger partial charge is 0.335 e. The van der Waals surface area contributed by atoms with Gasteiger partial charge in [-0.05, 0) is 42.0 Å². The fourth-order valence-electron chi connectivity index (χ4n) is 1.72. The van der Waals surface area contributed by atoms with Gasteiger partial charge in [0.25, 0.3) is 0 Å². The summed E-state index contributed by atoms with van der Waals surface area (Å²) in [6.07, 6.45) is 0. The Morgan fingerprint density at radius 3 is 2.53 bits per heavy atom. The van der Waals surface area contributed by atoms with Crippen LogP contribution in [0, 0.1) is 11.6 Å². The number of hydrogen-bond donors (Lipinski definition) is 1. The highest BCUT2D eigenvalue weighted by molar-refractivity contribution is 5.89. The van der Waals surface area contributed by atoms with Crippen LogP contribution < -0.4 is 4.74 Å². The summed E-state index contributed by atoms with van der Waals surface area (Å²) in [4.78, 5) is 10.9. The van der Waals surface area contributed by atoms with Gasteiger partial charge in [-0.1, -0.05) is 0 Å². The zero-order chi connectivity index (χ0) is 14.0. The minimum Gasteiger partial charge on any atom is -0.497 e. The van der Waals surface area contributed by atoms with Crippen LogP contribution in [-0.4, -0.2) is 18.2 Å². The number of hydrogen-bond acceptors (Lipinski definition) is 2. The normalized spacial score (nSPS) is 10.3. The lowest BCUT2D eigenvalue weighted by Crippen LogP contribution is -1.98. The quantitative estimate of drug-likeness (QED) is 0.924. The number of rotatable bonds is 3. The van der Waals surface area contributed by atoms with Crippen LogP contribution in [-0.2, 0) is 0 Å². The molecule has 0 aliphatic rings. The Morgan fingerprint density at radius 2 is 1.89 bits per heavy atom. The molecule has 0 unspecified atom stereocenters. The maximum Gasteiger partial charge on any atom is 0.335 e. The Kier molecular flexibility index (Phi) is 3.46. The van der Waals surface area contributed by atoms with E-state index in [-0.39, 0.29) is 16.7 Å². The summed E-state index contributed by atoms with van der Waals surface area (Å²) in [6.45, 7) is 0. The molecular formula is C14H10F2O3. The van der Waals surface area contributed by atoms with Crippen molar-refractivity contribution in [2.45, 2.75) is 0 Å². The molecule has 3 nitrogen and oxygen atoms in total. The second-order valence-electron chi connectivity index (χ2n) is 3.88. The van der Waals surface area contributed by atoms with Crippen LogP contribution in [0.5, 0.6) is 5.75 Å². The fraction of sp³-hybridized carbons (Fsp3) is 0.0714. The molecular weight excluding hydrogens is 254 g/mol. The van der Waals surface area contributed by atoms with E-state index in [4.69, 9.17) is 9.84 Å². The molecule has 0 aromatic heterocycles. The maximum absolute atomic E-state index is 13.7. The minimum atomic E-state index is -1.27. The molecule has 2 aromatic carbocycles. The van der Waals surface area contributed by atoms with Crippen molar-refractivity contribution in [2.75, 3.05) is 7.11 Å². The third kappa shape index (κ3) is 2.70. The molecule has 1 N–H and O–H groups in total. The van der Waals surface area contributed by atoms with Gasteiger partial charge in [0.05, 0.1) is 12.7 Å². The highest BCUT2D eigenvalue weighted by Gasteiger charge is 2.12. The van der Waals surface area contributed by atoms with Gasteiger partial charge in [-0.15, -0.1) is 0 Å². The van der Waals surface area contributed by atoms with Gasteiger partial charge in [-0.25, -0.2) is 13.6 Å². The van der Waals surface area contributed by atoms with Crippen molar-refractivity contribution in [1.82, 2.24) is 0 Å². The Hall–Kier alpha value is -2.43. The first-order valence-electron chi connectivity index (χ1n) is 5.39. The molecule has 0 radical (unpaired) electrons. The van der Waals surface area contributed by atoms with Gasteiger partial charge in [-0.2, -0.15) is 0 Å². The molecule has 0 atom stereocenters. The SMILES string of the molecule is COc1ccc(F)c(-c2cc(F)cc(C(=O)O)c2)c1. The largest absolute Gasteiger partial charge is 0.497 e. The molecule has 0 spiro atoms. The van der Waals surface area contributed by atoms with E-state index in [1.807, 2.05) is 0 Å². The molecule has 98 valence electrons. The van der Waals surface area contributed by atoms with Gasteiger partial charge in [0.2, 0.25) is 0 Å². The van der Waals surface area contributed by atoms with E-state index in [2.05, 4.69) is 0 Å². The van der Waals surface area contributed by atoms with E-state index >= 15 is 0 Å². The number of halogens is 2. The van der Waals surface area contributed by atoms with Crippen molar-refractivity contribution < 1.29 is 23.4 Å².